The summed E-state index contributed by atoms with van der Waals surface area (Å²) in [4.78, 5) is 16.6. The minimum Gasteiger partial charge on any atom is -0.492 e. The third kappa shape index (κ3) is 5.00. The molecule has 0 saturated carbocycles. The third-order valence-corrected chi connectivity index (χ3v) is 4.44. The van der Waals surface area contributed by atoms with Crippen LogP contribution in [0.15, 0.2) is 59.1 Å². The van der Waals surface area contributed by atoms with Crippen molar-refractivity contribution in [3.63, 3.8) is 0 Å². The quantitative estimate of drug-likeness (QED) is 0.567. The summed E-state index contributed by atoms with van der Waals surface area (Å²) in [5.74, 6) is 2.32. The van der Waals surface area contributed by atoms with E-state index in [-0.39, 0.29) is 12.3 Å². The Morgan fingerprint density at radius 3 is 2.61 bits per heavy atom. The molecular formula is C23H26N2O3. The number of aromatic nitrogens is 1. The molecule has 5 heteroatoms. The molecular weight excluding hydrogens is 352 g/mol. The lowest BCUT2D eigenvalue weighted by Crippen LogP contribution is -2.13. The highest BCUT2D eigenvalue weighted by molar-refractivity contribution is 5.92. The number of nitrogens with one attached hydrogen (secondary N) is 1. The summed E-state index contributed by atoms with van der Waals surface area (Å²) in [6, 6.07) is 15.7. The smallest absolute Gasteiger partial charge is 0.224 e. The number of oxazole rings is 1. The van der Waals surface area contributed by atoms with Crippen molar-refractivity contribution in [2.24, 2.45) is 0 Å². The number of ether oxygens (including phenoxy) is 1. The van der Waals surface area contributed by atoms with Crippen LogP contribution in [0.3, 0.4) is 0 Å². The molecule has 0 bridgehead atoms. The molecule has 5 nitrogen and oxygen atoms in total. The monoisotopic (exact) mass is 378 g/mol. The topological polar surface area (TPSA) is 64.4 Å². The van der Waals surface area contributed by atoms with Crippen LogP contribution in [0.1, 0.15) is 44.6 Å². The summed E-state index contributed by atoms with van der Waals surface area (Å²) in [5.41, 5.74) is 2.94. The van der Waals surface area contributed by atoms with E-state index >= 15 is 0 Å². The van der Waals surface area contributed by atoms with Crippen LogP contribution in [0.25, 0.3) is 11.3 Å². The van der Waals surface area contributed by atoms with Gasteiger partial charge in [-0.05, 0) is 30.5 Å². The van der Waals surface area contributed by atoms with Crippen LogP contribution in [-0.2, 0) is 11.2 Å². The summed E-state index contributed by atoms with van der Waals surface area (Å²) in [5, 5.41) is 2.89. The van der Waals surface area contributed by atoms with Gasteiger partial charge in [0.25, 0.3) is 0 Å². The molecule has 0 aliphatic rings. The fraction of sp³-hybridized carbons (Fsp3) is 0.304. The highest BCUT2D eigenvalue weighted by Crippen LogP contribution is 2.25. The van der Waals surface area contributed by atoms with Gasteiger partial charge in [-0.1, -0.05) is 50.2 Å². The number of para-hydroxylation sites is 2. The zero-order valence-corrected chi connectivity index (χ0v) is 16.6. The Labute approximate surface area is 165 Å². The lowest BCUT2D eigenvalue weighted by atomic mass is 10.0. The van der Waals surface area contributed by atoms with Crippen molar-refractivity contribution in [2.75, 3.05) is 11.9 Å². The summed E-state index contributed by atoms with van der Waals surface area (Å²) >= 11 is 0. The maximum Gasteiger partial charge on any atom is 0.224 e. The minimum atomic E-state index is -0.104. The Balaban J connectivity index is 1.58. The first-order chi connectivity index (χ1) is 13.6. The van der Waals surface area contributed by atoms with Crippen molar-refractivity contribution in [3.8, 4) is 17.1 Å². The number of hydrogen-bond donors (Lipinski definition) is 1. The van der Waals surface area contributed by atoms with E-state index < -0.39 is 0 Å². The summed E-state index contributed by atoms with van der Waals surface area (Å²) in [6.07, 6.45) is 2.43. The van der Waals surface area contributed by atoms with E-state index in [0.29, 0.717) is 42.0 Å². The van der Waals surface area contributed by atoms with Gasteiger partial charge in [0.15, 0.2) is 11.7 Å². The standard InChI is InChI=1S/C23H26N2O3/c1-4-27-20-8-6-5-7-19(20)25-22(26)13-14-23-24-15-21(28-23)18-11-9-17(10-12-18)16(2)3/h5-12,15-16H,4,13-14H2,1-3H3,(H,25,26). The van der Waals surface area contributed by atoms with Gasteiger partial charge in [-0.3, -0.25) is 4.79 Å². The van der Waals surface area contributed by atoms with Crippen LogP contribution >= 0.6 is 0 Å². The molecule has 1 aromatic heterocycles. The molecule has 1 amide bonds. The molecule has 0 fully saturated rings. The highest BCUT2D eigenvalue weighted by atomic mass is 16.5. The average Bonchev–Trinajstić information content (AvgIpc) is 3.17. The number of aryl methyl sites for hydroxylation is 1. The van der Waals surface area contributed by atoms with Crippen molar-refractivity contribution in [2.45, 2.75) is 39.5 Å². The number of anilines is 1. The molecule has 146 valence electrons. The van der Waals surface area contributed by atoms with Gasteiger partial charge in [0.05, 0.1) is 18.5 Å². The van der Waals surface area contributed by atoms with Crippen molar-refractivity contribution < 1.29 is 13.9 Å². The average molecular weight is 378 g/mol. The number of amides is 1. The Morgan fingerprint density at radius 1 is 1.14 bits per heavy atom. The molecule has 2 aromatic carbocycles. The number of carbonyl (C=O) groups is 1. The first-order valence-electron chi connectivity index (χ1n) is 9.63. The summed E-state index contributed by atoms with van der Waals surface area (Å²) in [6.45, 7) is 6.79. The van der Waals surface area contributed by atoms with Gasteiger partial charge in [-0.15, -0.1) is 0 Å². The molecule has 1 heterocycles. The summed E-state index contributed by atoms with van der Waals surface area (Å²) < 4.78 is 11.3. The zero-order valence-electron chi connectivity index (χ0n) is 16.6. The molecule has 28 heavy (non-hydrogen) atoms. The largest absolute Gasteiger partial charge is 0.492 e. The van der Waals surface area contributed by atoms with Gasteiger partial charge in [0, 0.05) is 18.4 Å². The lowest BCUT2D eigenvalue weighted by molar-refractivity contribution is -0.116. The molecule has 0 spiro atoms. The molecule has 0 aliphatic heterocycles. The molecule has 0 radical (unpaired) electrons. The molecule has 0 atom stereocenters. The van der Waals surface area contributed by atoms with Gasteiger partial charge in [-0.2, -0.15) is 0 Å². The van der Waals surface area contributed by atoms with Crippen LogP contribution in [0.4, 0.5) is 5.69 Å². The number of benzene rings is 2. The summed E-state index contributed by atoms with van der Waals surface area (Å²) in [7, 11) is 0. The Morgan fingerprint density at radius 2 is 1.89 bits per heavy atom. The van der Waals surface area contributed by atoms with E-state index in [9.17, 15) is 4.79 Å². The number of hydrogen-bond acceptors (Lipinski definition) is 4. The Bertz CT molecular complexity index is 914. The fourth-order valence-corrected chi connectivity index (χ4v) is 2.88. The number of rotatable bonds is 8. The van der Waals surface area contributed by atoms with Crippen molar-refractivity contribution in [1.82, 2.24) is 4.98 Å². The number of carbonyl (C=O) groups excluding carboxylic acids is 1. The second-order valence-corrected chi connectivity index (χ2v) is 6.87. The second kappa shape index (κ2) is 9.22. The molecule has 0 aliphatic carbocycles. The van der Waals surface area contributed by atoms with Gasteiger partial charge >= 0.3 is 0 Å². The van der Waals surface area contributed by atoms with Crippen LogP contribution in [0.5, 0.6) is 5.75 Å². The first kappa shape index (κ1) is 19.7. The van der Waals surface area contributed by atoms with E-state index in [4.69, 9.17) is 9.15 Å². The van der Waals surface area contributed by atoms with E-state index in [2.05, 4.69) is 36.3 Å². The Hall–Kier alpha value is -3.08. The van der Waals surface area contributed by atoms with Crippen molar-refractivity contribution in [1.29, 1.82) is 0 Å². The van der Waals surface area contributed by atoms with Crippen LogP contribution < -0.4 is 10.1 Å². The second-order valence-electron chi connectivity index (χ2n) is 6.87. The molecule has 3 rings (SSSR count). The third-order valence-electron chi connectivity index (χ3n) is 4.44. The van der Waals surface area contributed by atoms with Crippen LogP contribution in [-0.4, -0.2) is 17.5 Å². The van der Waals surface area contributed by atoms with Gasteiger partial charge in [0.2, 0.25) is 5.91 Å². The fourth-order valence-electron chi connectivity index (χ4n) is 2.88. The predicted octanol–water partition coefficient (Wildman–Crippen LogP) is 5.44. The molecule has 0 unspecified atom stereocenters. The van der Waals surface area contributed by atoms with E-state index in [1.165, 1.54) is 5.56 Å². The van der Waals surface area contributed by atoms with Crippen molar-refractivity contribution >= 4 is 11.6 Å². The minimum absolute atomic E-state index is 0.104. The Kier molecular flexibility index (Phi) is 6.48. The van der Waals surface area contributed by atoms with E-state index in [1.807, 2.05) is 43.3 Å². The molecule has 1 N–H and O–H groups in total. The normalized spacial score (nSPS) is 10.9. The highest BCUT2D eigenvalue weighted by Gasteiger charge is 2.11. The van der Waals surface area contributed by atoms with Crippen molar-refractivity contribution in [3.05, 3.63) is 66.2 Å². The van der Waals surface area contributed by atoms with Gasteiger partial charge in [0.1, 0.15) is 5.75 Å². The maximum absolute atomic E-state index is 12.3. The maximum atomic E-state index is 12.3. The number of nitrogens with zero attached hydrogens (tertiary/aromatic N) is 1. The predicted molar refractivity (Wildman–Crippen MR) is 111 cm³/mol. The van der Waals surface area contributed by atoms with Crippen LogP contribution in [0, 0.1) is 0 Å². The van der Waals surface area contributed by atoms with E-state index in [0.717, 1.165) is 5.56 Å². The molecule has 3 aromatic rings. The first-order valence-corrected chi connectivity index (χ1v) is 9.63. The zero-order chi connectivity index (χ0) is 19.9. The lowest BCUT2D eigenvalue weighted by Gasteiger charge is -2.10. The van der Waals surface area contributed by atoms with E-state index in [1.54, 1.807) is 6.20 Å². The SMILES string of the molecule is CCOc1ccccc1NC(=O)CCc1ncc(-c2ccc(C(C)C)cc2)o1. The van der Waals surface area contributed by atoms with Crippen LogP contribution in [0.2, 0.25) is 0 Å². The molecule has 0 saturated heterocycles. The van der Waals surface area contributed by atoms with Gasteiger partial charge in [-0.25, -0.2) is 4.98 Å². The van der Waals surface area contributed by atoms with Gasteiger partial charge < -0.3 is 14.5 Å².